The molecule has 1 aromatic heterocycles. The predicted octanol–water partition coefficient (Wildman–Crippen LogP) is 3.50. The fourth-order valence-electron chi connectivity index (χ4n) is 3.39. The first-order valence-corrected chi connectivity index (χ1v) is 10.5. The van der Waals surface area contributed by atoms with Crippen LogP contribution >= 0.6 is 0 Å². The minimum Gasteiger partial charge on any atom is -0.490 e. The van der Waals surface area contributed by atoms with Gasteiger partial charge in [0.05, 0.1) is 37.9 Å². The number of hydrogen-bond donors (Lipinski definition) is 1. The summed E-state index contributed by atoms with van der Waals surface area (Å²) < 4.78 is 13.1. The first-order valence-electron chi connectivity index (χ1n) is 10.5. The van der Waals surface area contributed by atoms with Crippen LogP contribution in [0.15, 0.2) is 18.2 Å². The van der Waals surface area contributed by atoms with Crippen molar-refractivity contribution < 1.29 is 14.3 Å². The van der Waals surface area contributed by atoms with E-state index in [9.17, 15) is 4.79 Å². The number of hydrogen-bond acceptors (Lipinski definition) is 5. The summed E-state index contributed by atoms with van der Waals surface area (Å²) >= 11 is 0. The Balaban J connectivity index is 1.84. The Morgan fingerprint density at radius 2 is 1.90 bits per heavy atom. The van der Waals surface area contributed by atoms with Gasteiger partial charge in [0.25, 0.3) is 0 Å². The summed E-state index contributed by atoms with van der Waals surface area (Å²) in [6.07, 6.45) is 2.22. The number of nitrogens with zero attached hydrogens (tertiary/aromatic N) is 3. The minimum absolute atomic E-state index is 0.0227. The normalized spacial score (nSPS) is 10.5. The van der Waals surface area contributed by atoms with Crippen LogP contribution < -0.4 is 14.8 Å². The zero-order chi connectivity index (χ0) is 21.9. The number of nitrogens with one attached hydrogen (secondary N) is 1. The second-order valence-electron chi connectivity index (χ2n) is 7.03. The van der Waals surface area contributed by atoms with E-state index in [0.29, 0.717) is 45.6 Å². The van der Waals surface area contributed by atoms with E-state index in [-0.39, 0.29) is 5.91 Å². The highest BCUT2D eigenvalue weighted by Crippen LogP contribution is 2.28. The third-order valence-electron chi connectivity index (χ3n) is 4.91. The molecule has 0 aliphatic carbocycles. The third-order valence-corrected chi connectivity index (χ3v) is 4.91. The maximum absolute atomic E-state index is 12.3. The molecule has 0 saturated heterocycles. The molecule has 2 aromatic rings. The lowest BCUT2D eigenvalue weighted by molar-refractivity contribution is -0.121. The van der Waals surface area contributed by atoms with Gasteiger partial charge in [-0.2, -0.15) is 10.4 Å². The molecule has 30 heavy (non-hydrogen) atoms. The molecule has 7 nitrogen and oxygen atoms in total. The van der Waals surface area contributed by atoms with Crippen molar-refractivity contribution >= 4 is 5.91 Å². The zero-order valence-electron chi connectivity index (χ0n) is 18.5. The number of rotatable bonds is 12. The SMILES string of the molecule is CCOc1ccc(CCNC(=O)CCc2c(C)nn(CCC#N)c2C)cc1OCC. The number of carbonyl (C=O) groups excluding carboxylic acids is 1. The fourth-order valence-corrected chi connectivity index (χ4v) is 3.39. The van der Waals surface area contributed by atoms with Crippen LogP contribution in [-0.4, -0.2) is 35.4 Å². The van der Waals surface area contributed by atoms with Crippen molar-refractivity contribution in [3.05, 3.63) is 40.7 Å². The number of aryl methyl sites for hydroxylation is 2. The molecule has 1 N–H and O–H groups in total. The number of benzene rings is 1. The lowest BCUT2D eigenvalue weighted by Crippen LogP contribution is -2.26. The van der Waals surface area contributed by atoms with Crippen LogP contribution in [-0.2, 0) is 24.2 Å². The average molecular weight is 413 g/mol. The van der Waals surface area contributed by atoms with Gasteiger partial charge in [-0.25, -0.2) is 0 Å². The molecule has 0 radical (unpaired) electrons. The summed E-state index contributed by atoms with van der Waals surface area (Å²) in [7, 11) is 0. The molecular formula is C23H32N4O3. The molecule has 0 fully saturated rings. The number of nitriles is 1. The topological polar surface area (TPSA) is 89.2 Å². The lowest BCUT2D eigenvalue weighted by atomic mass is 10.1. The van der Waals surface area contributed by atoms with Gasteiger partial charge >= 0.3 is 0 Å². The van der Waals surface area contributed by atoms with Gasteiger partial charge < -0.3 is 14.8 Å². The van der Waals surface area contributed by atoms with Gasteiger partial charge in [0, 0.05) is 18.7 Å². The van der Waals surface area contributed by atoms with Gasteiger partial charge in [0.1, 0.15) is 0 Å². The molecule has 0 saturated carbocycles. The second-order valence-corrected chi connectivity index (χ2v) is 7.03. The monoisotopic (exact) mass is 412 g/mol. The van der Waals surface area contributed by atoms with E-state index < -0.39 is 0 Å². The van der Waals surface area contributed by atoms with E-state index in [1.165, 1.54) is 0 Å². The lowest BCUT2D eigenvalue weighted by Gasteiger charge is -2.12. The highest BCUT2D eigenvalue weighted by molar-refractivity contribution is 5.76. The van der Waals surface area contributed by atoms with Gasteiger partial charge in [-0.1, -0.05) is 6.07 Å². The summed E-state index contributed by atoms with van der Waals surface area (Å²) in [6, 6.07) is 8.03. The molecular weight excluding hydrogens is 380 g/mol. The molecule has 0 atom stereocenters. The molecule has 1 aromatic carbocycles. The first-order chi connectivity index (χ1) is 14.5. The minimum atomic E-state index is 0.0227. The Morgan fingerprint density at radius 3 is 2.60 bits per heavy atom. The van der Waals surface area contributed by atoms with Crippen LogP contribution in [0.4, 0.5) is 0 Å². The number of ether oxygens (including phenoxy) is 2. The Morgan fingerprint density at radius 1 is 1.17 bits per heavy atom. The summed E-state index contributed by atoms with van der Waals surface area (Å²) in [5.74, 6) is 1.50. The van der Waals surface area contributed by atoms with Crippen LogP contribution in [0, 0.1) is 25.2 Å². The molecule has 0 bridgehead atoms. The standard InChI is InChI=1S/C23H32N4O3/c1-5-29-21-10-8-19(16-22(21)30-6-2)12-14-25-23(28)11-9-20-17(3)26-27(18(20)4)15-7-13-24/h8,10,16H,5-7,9,11-12,14-15H2,1-4H3,(H,25,28). The smallest absolute Gasteiger partial charge is 0.220 e. The van der Waals surface area contributed by atoms with E-state index >= 15 is 0 Å². The molecule has 1 heterocycles. The summed E-state index contributed by atoms with van der Waals surface area (Å²) in [4.78, 5) is 12.3. The van der Waals surface area contributed by atoms with Gasteiger partial charge in [0.15, 0.2) is 11.5 Å². The van der Waals surface area contributed by atoms with Gasteiger partial charge in [0.2, 0.25) is 5.91 Å². The van der Waals surface area contributed by atoms with E-state index in [2.05, 4.69) is 16.5 Å². The Labute approximate surface area is 179 Å². The van der Waals surface area contributed by atoms with Crippen molar-refractivity contribution in [1.82, 2.24) is 15.1 Å². The summed E-state index contributed by atoms with van der Waals surface area (Å²) in [5.41, 5.74) is 4.15. The third kappa shape index (κ3) is 6.51. The quantitative estimate of drug-likeness (QED) is 0.576. The molecule has 0 aliphatic heterocycles. The number of aromatic nitrogens is 2. The summed E-state index contributed by atoms with van der Waals surface area (Å²) in [6.45, 7) is 10.1. The van der Waals surface area contributed by atoms with Crippen LogP contribution in [0.2, 0.25) is 0 Å². The van der Waals surface area contributed by atoms with Crippen molar-refractivity contribution in [1.29, 1.82) is 5.26 Å². The van der Waals surface area contributed by atoms with Crippen molar-refractivity contribution in [2.75, 3.05) is 19.8 Å². The largest absolute Gasteiger partial charge is 0.490 e. The van der Waals surface area contributed by atoms with Gasteiger partial charge in [-0.05, 0) is 63.8 Å². The number of amides is 1. The molecule has 0 aliphatic rings. The molecule has 0 unspecified atom stereocenters. The van der Waals surface area contributed by atoms with Crippen molar-refractivity contribution in [3.63, 3.8) is 0 Å². The number of carbonyl (C=O) groups is 1. The van der Waals surface area contributed by atoms with E-state index in [4.69, 9.17) is 14.7 Å². The maximum atomic E-state index is 12.3. The Kier molecular flexibility index (Phi) is 9.20. The Hall–Kier alpha value is -3.01. The second kappa shape index (κ2) is 11.9. The summed E-state index contributed by atoms with van der Waals surface area (Å²) in [5, 5.41) is 16.2. The zero-order valence-corrected chi connectivity index (χ0v) is 18.5. The van der Waals surface area contributed by atoms with E-state index in [1.807, 2.05) is 50.6 Å². The average Bonchev–Trinajstić information content (AvgIpc) is 2.99. The van der Waals surface area contributed by atoms with Crippen molar-refractivity contribution in [3.8, 4) is 17.6 Å². The molecule has 1 amide bonds. The first kappa shape index (κ1) is 23.3. The van der Waals surface area contributed by atoms with Gasteiger partial charge in [-0.3, -0.25) is 9.48 Å². The predicted molar refractivity (Wildman–Crippen MR) is 116 cm³/mol. The highest BCUT2D eigenvalue weighted by Gasteiger charge is 2.13. The van der Waals surface area contributed by atoms with E-state index in [1.54, 1.807) is 0 Å². The van der Waals surface area contributed by atoms with Gasteiger partial charge in [-0.15, -0.1) is 0 Å². The highest BCUT2D eigenvalue weighted by atomic mass is 16.5. The van der Waals surface area contributed by atoms with Crippen LogP contribution in [0.5, 0.6) is 11.5 Å². The fraction of sp³-hybridized carbons (Fsp3) is 0.522. The van der Waals surface area contributed by atoms with Crippen LogP contribution in [0.25, 0.3) is 0 Å². The Bertz CT molecular complexity index is 883. The molecule has 7 heteroatoms. The van der Waals surface area contributed by atoms with Crippen LogP contribution in [0.3, 0.4) is 0 Å². The molecule has 0 spiro atoms. The van der Waals surface area contributed by atoms with Crippen LogP contribution in [0.1, 0.15) is 49.2 Å². The van der Waals surface area contributed by atoms with Crippen molar-refractivity contribution in [2.45, 2.75) is 59.9 Å². The van der Waals surface area contributed by atoms with E-state index in [0.717, 1.165) is 40.4 Å². The molecule has 162 valence electrons. The van der Waals surface area contributed by atoms with Crippen molar-refractivity contribution in [2.24, 2.45) is 0 Å². The maximum Gasteiger partial charge on any atom is 0.220 e. The molecule has 2 rings (SSSR count).